The first-order valence-electron chi connectivity index (χ1n) is 5.76. The molecule has 0 spiro atoms. The molecule has 0 bridgehead atoms. The molecule has 0 saturated carbocycles. The summed E-state index contributed by atoms with van der Waals surface area (Å²) in [5.74, 6) is 0.673. The number of thiazole rings is 1. The van der Waals surface area contributed by atoms with Crippen molar-refractivity contribution in [2.45, 2.75) is 20.1 Å². The Morgan fingerprint density at radius 3 is 2.79 bits per heavy atom. The van der Waals surface area contributed by atoms with Crippen LogP contribution in [-0.4, -0.2) is 12.0 Å². The number of halogens is 2. The SMILES string of the molecule is CNCc1cc(Cl)cc(Cl)c1OCc1cnc(C)s1. The van der Waals surface area contributed by atoms with E-state index in [0.717, 1.165) is 15.4 Å². The maximum atomic E-state index is 6.19. The van der Waals surface area contributed by atoms with Crippen molar-refractivity contribution in [1.82, 2.24) is 10.3 Å². The first kappa shape index (κ1) is 14.6. The topological polar surface area (TPSA) is 34.1 Å². The number of nitrogens with one attached hydrogen (secondary N) is 1. The van der Waals surface area contributed by atoms with Crippen LogP contribution in [0.1, 0.15) is 15.4 Å². The van der Waals surface area contributed by atoms with Gasteiger partial charge in [0.1, 0.15) is 12.4 Å². The number of nitrogens with zero attached hydrogens (tertiary/aromatic N) is 1. The van der Waals surface area contributed by atoms with Crippen molar-refractivity contribution < 1.29 is 4.74 Å². The molecule has 0 amide bonds. The molecule has 1 heterocycles. The predicted octanol–water partition coefficient (Wildman–Crippen LogP) is 4.06. The second-order valence-electron chi connectivity index (χ2n) is 4.04. The van der Waals surface area contributed by atoms with Crippen molar-refractivity contribution in [3.63, 3.8) is 0 Å². The number of aryl methyl sites for hydroxylation is 1. The second-order valence-corrected chi connectivity index (χ2v) is 6.20. The van der Waals surface area contributed by atoms with E-state index in [1.807, 2.05) is 26.2 Å². The van der Waals surface area contributed by atoms with Crippen molar-refractivity contribution in [2.24, 2.45) is 0 Å². The lowest BCUT2D eigenvalue weighted by Gasteiger charge is -2.13. The third-order valence-electron chi connectivity index (χ3n) is 2.48. The molecule has 2 rings (SSSR count). The number of benzene rings is 1. The number of aromatic nitrogens is 1. The summed E-state index contributed by atoms with van der Waals surface area (Å²) in [5, 5.41) is 5.23. The van der Waals surface area contributed by atoms with Gasteiger partial charge in [-0.3, -0.25) is 0 Å². The minimum atomic E-state index is 0.462. The smallest absolute Gasteiger partial charge is 0.143 e. The van der Waals surface area contributed by atoms with Gasteiger partial charge in [-0.1, -0.05) is 23.2 Å². The van der Waals surface area contributed by atoms with Crippen LogP contribution in [0.3, 0.4) is 0 Å². The molecule has 19 heavy (non-hydrogen) atoms. The van der Waals surface area contributed by atoms with Gasteiger partial charge in [-0.2, -0.15) is 0 Å². The zero-order chi connectivity index (χ0) is 13.8. The Balaban J connectivity index is 2.18. The molecule has 102 valence electrons. The molecule has 0 aliphatic rings. The number of hydrogen-bond donors (Lipinski definition) is 1. The largest absolute Gasteiger partial charge is 0.486 e. The molecule has 3 nitrogen and oxygen atoms in total. The molecule has 0 saturated heterocycles. The van der Waals surface area contributed by atoms with Gasteiger partial charge in [0.15, 0.2) is 0 Å². The lowest BCUT2D eigenvalue weighted by molar-refractivity contribution is 0.306. The van der Waals surface area contributed by atoms with Gasteiger partial charge < -0.3 is 10.1 Å². The van der Waals surface area contributed by atoms with Crippen molar-refractivity contribution in [1.29, 1.82) is 0 Å². The van der Waals surface area contributed by atoms with Gasteiger partial charge >= 0.3 is 0 Å². The zero-order valence-corrected chi connectivity index (χ0v) is 13.0. The van der Waals surface area contributed by atoms with E-state index in [1.165, 1.54) is 0 Å². The van der Waals surface area contributed by atoms with E-state index < -0.39 is 0 Å². The van der Waals surface area contributed by atoms with Gasteiger partial charge in [-0.05, 0) is 26.1 Å². The van der Waals surface area contributed by atoms with Crippen LogP contribution in [0.5, 0.6) is 5.75 Å². The average molecular weight is 317 g/mol. The first-order chi connectivity index (χ1) is 9.10. The van der Waals surface area contributed by atoms with Crippen LogP contribution in [0.4, 0.5) is 0 Å². The third kappa shape index (κ3) is 3.83. The van der Waals surface area contributed by atoms with Gasteiger partial charge in [-0.25, -0.2) is 4.98 Å². The van der Waals surface area contributed by atoms with E-state index in [-0.39, 0.29) is 0 Å². The molecule has 1 aromatic heterocycles. The molecule has 0 fully saturated rings. The second kappa shape index (κ2) is 6.57. The summed E-state index contributed by atoms with van der Waals surface area (Å²) >= 11 is 13.8. The summed E-state index contributed by atoms with van der Waals surface area (Å²) in [4.78, 5) is 5.26. The fourth-order valence-electron chi connectivity index (χ4n) is 1.71. The Hall–Kier alpha value is -0.810. The summed E-state index contributed by atoms with van der Waals surface area (Å²) in [6.07, 6.45) is 1.82. The fourth-order valence-corrected chi connectivity index (χ4v) is 3.01. The van der Waals surface area contributed by atoms with E-state index in [2.05, 4.69) is 10.3 Å². The maximum absolute atomic E-state index is 6.19. The van der Waals surface area contributed by atoms with Crippen molar-refractivity contribution in [2.75, 3.05) is 7.05 Å². The van der Waals surface area contributed by atoms with Crippen LogP contribution >= 0.6 is 34.5 Å². The molecular formula is C13H14Cl2N2OS. The molecule has 0 aliphatic carbocycles. The molecule has 0 aliphatic heterocycles. The van der Waals surface area contributed by atoms with Gasteiger partial charge in [0.25, 0.3) is 0 Å². The Bertz CT molecular complexity index is 572. The van der Waals surface area contributed by atoms with Crippen LogP contribution in [0.2, 0.25) is 10.0 Å². The summed E-state index contributed by atoms with van der Waals surface area (Å²) in [5.41, 5.74) is 0.946. The Morgan fingerprint density at radius 1 is 1.37 bits per heavy atom. The summed E-state index contributed by atoms with van der Waals surface area (Å²) in [6.45, 7) is 3.08. The molecular weight excluding hydrogens is 303 g/mol. The highest BCUT2D eigenvalue weighted by Gasteiger charge is 2.11. The van der Waals surface area contributed by atoms with Crippen LogP contribution in [0.15, 0.2) is 18.3 Å². The van der Waals surface area contributed by atoms with Crippen molar-refractivity contribution >= 4 is 34.5 Å². The van der Waals surface area contributed by atoms with Crippen molar-refractivity contribution in [3.05, 3.63) is 43.8 Å². The maximum Gasteiger partial charge on any atom is 0.143 e. The molecule has 0 unspecified atom stereocenters. The Labute approximate surface area is 126 Å². The van der Waals surface area contributed by atoms with Gasteiger partial charge in [0, 0.05) is 23.3 Å². The molecule has 1 N–H and O–H groups in total. The van der Waals surface area contributed by atoms with Crippen LogP contribution in [-0.2, 0) is 13.2 Å². The van der Waals surface area contributed by atoms with E-state index >= 15 is 0 Å². The zero-order valence-electron chi connectivity index (χ0n) is 10.7. The van der Waals surface area contributed by atoms with E-state index in [1.54, 1.807) is 17.4 Å². The minimum absolute atomic E-state index is 0.462. The Morgan fingerprint density at radius 2 is 2.16 bits per heavy atom. The van der Waals surface area contributed by atoms with Crippen LogP contribution in [0, 0.1) is 6.92 Å². The molecule has 0 radical (unpaired) electrons. The summed E-state index contributed by atoms with van der Waals surface area (Å²) < 4.78 is 5.81. The summed E-state index contributed by atoms with van der Waals surface area (Å²) in [7, 11) is 1.87. The van der Waals surface area contributed by atoms with Crippen LogP contribution < -0.4 is 10.1 Å². The third-order valence-corrected chi connectivity index (χ3v) is 3.87. The molecule has 0 atom stereocenters. The van der Waals surface area contributed by atoms with Gasteiger partial charge in [-0.15, -0.1) is 11.3 Å². The van der Waals surface area contributed by atoms with E-state index in [4.69, 9.17) is 27.9 Å². The lowest BCUT2D eigenvalue weighted by atomic mass is 10.2. The molecule has 6 heteroatoms. The van der Waals surface area contributed by atoms with Gasteiger partial charge in [0.2, 0.25) is 0 Å². The first-order valence-corrected chi connectivity index (χ1v) is 7.34. The fraction of sp³-hybridized carbons (Fsp3) is 0.308. The Kier molecular flexibility index (Phi) is 5.05. The highest BCUT2D eigenvalue weighted by atomic mass is 35.5. The van der Waals surface area contributed by atoms with Crippen LogP contribution in [0.25, 0.3) is 0 Å². The summed E-state index contributed by atoms with van der Waals surface area (Å²) in [6, 6.07) is 3.55. The minimum Gasteiger partial charge on any atom is -0.486 e. The quantitative estimate of drug-likeness (QED) is 0.903. The monoisotopic (exact) mass is 316 g/mol. The normalized spacial score (nSPS) is 10.7. The highest BCUT2D eigenvalue weighted by molar-refractivity contribution is 7.11. The predicted molar refractivity (Wildman–Crippen MR) is 80.4 cm³/mol. The standard InChI is InChI=1S/C13H14Cl2N2OS/c1-8-17-6-11(19-8)7-18-13-9(5-16-2)3-10(14)4-12(13)15/h3-4,6,16H,5,7H2,1-2H3. The molecule has 1 aromatic carbocycles. The van der Waals surface area contributed by atoms with Gasteiger partial charge in [0.05, 0.1) is 14.9 Å². The highest BCUT2D eigenvalue weighted by Crippen LogP contribution is 2.33. The number of ether oxygens (including phenoxy) is 1. The molecule has 2 aromatic rings. The average Bonchev–Trinajstić information content (AvgIpc) is 2.74. The van der Waals surface area contributed by atoms with E-state index in [0.29, 0.717) is 28.9 Å². The number of hydrogen-bond acceptors (Lipinski definition) is 4. The lowest BCUT2D eigenvalue weighted by Crippen LogP contribution is -2.08. The van der Waals surface area contributed by atoms with E-state index in [9.17, 15) is 0 Å². The number of rotatable bonds is 5. The van der Waals surface area contributed by atoms with Crippen molar-refractivity contribution in [3.8, 4) is 5.75 Å².